The number of rotatable bonds is 2. The van der Waals surface area contributed by atoms with Gasteiger partial charge in [-0.25, -0.2) is 4.98 Å². The van der Waals surface area contributed by atoms with Crippen LogP contribution in [-0.4, -0.2) is 37.5 Å². The Morgan fingerprint density at radius 1 is 1.21 bits per heavy atom. The van der Waals surface area contributed by atoms with Gasteiger partial charge in [0.1, 0.15) is 5.82 Å². The molecule has 0 saturated carbocycles. The Morgan fingerprint density at radius 2 is 2.07 bits per heavy atom. The first-order chi connectivity index (χ1) is 13.6. The number of H-pyrrole nitrogens is 1. The van der Waals surface area contributed by atoms with E-state index < -0.39 is 6.10 Å². The van der Waals surface area contributed by atoms with E-state index >= 15 is 0 Å². The van der Waals surface area contributed by atoms with Crippen molar-refractivity contribution in [2.24, 2.45) is 0 Å². The molecular weight excluding hydrogens is 372 g/mol. The van der Waals surface area contributed by atoms with Gasteiger partial charge in [-0.3, -0.25) is 9.88 Å². The number of halogens is 1. The van der Waals surface area contributed by atoms with E-state index in [2.05, 4.69) is 14.9 Å². The van der Waals surface area contributed by atoms with Crippen molar-refractivity contribution in [1.29, 1.82) is 0 Å². The summed E-state index contributed by atoms with van der Waals surface area (Å²) >= 11 is 6.35. The van der Waals surface area contributed by atoms with Gasteiger partial charge in [0.25, 0.3) is 0 Å². The van der Waals surface area contributed by atoms with Crippen molar-refractivity contribution in [3.05, 3.63) is 69.8 Å². The number of nitrogens with one attached hydrogen (secondary N) is 1. The summed E-state index contributed by atoms with van der Waals surface area (Å²) in [6.07, 6.45) is 4.16. The lowest BCUT2D eigenvalue weighted by molar-refractivity contribution is 0.0270. The smallest absolute Gasteiger partial charge is 0.139 e. The minimum atomic E-state index is -0.495. The summed E-state index contributed by atoms with van der Waals surface area (Å²) in [6.45, 7) is 3.66. The largest absolute Gasteiger partial charge is 0.387 e. The molecule has 3 heterocycles. The van der Waals surface area contributed by atoms with E-state index in [1.165, 1.54) is 5.56 Å². The Kier molecular flexibility index (Phi) is 4.46. The van der Waals surface area contributed by atoms with Crippen LogP contribution in [0.4, 0.5) is 0 Å². The summed E-state index contributed by atoms with van der Waals surface area (Å²) in [5.74, 6) is 0.826. The monoisotopic (exact) mass is 394 g/mol. The predicted octanol–water partition coefficient (Wildman–Crippen LogP) is 3.84. The third-order valence-electron chi connectivity index (χ3n) is 6.11. The molecule has 6 heteroatoms. The van der Waals surface area contributed by atoms with Crippen molar-refractivity contribution in [2.75, 3.05) is 6.54 Å². The molecule has 0 radical (unpaired) electrons. The molecule has 0 spiro atoms. The Morgan fingerprint density at radius 3 is 2.93 bits per heavy atom. The molecule has 2 aromatic heterocycles. The molecule has 1 aliphatic heterocycles. The number of imidazole rings is 1. The van der Waals surface area contributed by atoms with Gasteiger partial charge in [-0.05, 0) is 43.5 Å². The van der Waals surface area contributed by atoms with Crippen molar-refractivity contribution < 1.29 is 5.11 Å². The molecule has 3 aromatic rings. The van der Waals surface area contributed by atoms with Crippen LogP contribution in [0.3, 0.4) is 0 Å². The van der Waals surface area contributed by atoms with E-state index in [0.717, 1.165) is 66.4 Å². The van der Waals surface area contributed by atoms with E-state index in [1.54, 1.807) is 0 Å². The first kappa shape index (κ1) is 17.9. The van der Waals surface area contributed by atoms with Crippen LogP contribution in [0.25, 0.3) is 11.4 Å². The van der Waals surface area contributed by atoms with Gasteiger partial charge < -0.3 is 10.1 Å². The van der Waals surface area contributed by atoms with Gasteiger partial charge in [0, 0.05) is 48.6 Å². The zero-order chi connectivity index (χ0) is 19.3. The lowest BCUT2D eigenvalue weighted by Gasteiger charge is -2.40. The van der Waals surface area contributed by atoms with Crippen LogP contribution >= 0.6 is 11.6 Å². The molecule has 28 heavy (non-hydrogen) atoms. The molecular formula is C22H23ClN4O. The molecule has 1 aliphatic carbocycles. The molecule has 2 unspecified atom stereocenters. The van der Waals surface area contributed by atoms with Crippen molar-refractivity contribution in [2.45, 2.75) is 44.9 Å². The van der Waals surface area contributed by atoms with Crippen LogP contribution in [0, 0.1) is 6.92 Å². The summed E-state index contributed by atoms with van der Waals surface area (Å²) in [6, 6.07) is 9.92. The first-order valence-corrected chi connectivity index (χ1v) is 10.2. The van der Waals surface area contributed by atoms with E-state index in [-0.39, 0.29) is 6.04 Å². The molecule has 0 saturated heterocycles. The van der Waals surface area contributed by atoms with Gasteiger partial charge in [0.15, 0.2) is 0 Å². The predicted molar refractivity (Wildman–Crippen MR) is 109 cm³/mol. The highest BCUT2D eigenvalue weighted by atomic mass is 35.5. The van der Waals surface area contributed by atoms with Crippen molar-refractivity contribution in [1.82, 2.24) is 19.9 Å². The summed E-state index contributed by atoms with van der Waals surface area (Å²) in [5.41, 5.74) is 6.35. The fourth-order valence-corrected chi connectivity index (χ4v) is 4.89. The minimum Gasteiger partial charge on any atom is -0.387 e. The number of aromatic amines is 1. The molecule has 0 amide bonds. The lowest BCUT2D eigenvalue weighted by Crippen LogP contribution is -2.45. The van der Waals surface area contributed by atoms with Crippen LogP contribution in [0.5, 0.6) is 0 Å². The lowest BCUT2D eigenvalue weighted by atomic mass is 9.84. The molecule has 2 N–H and O–H groups in total. The average Bonchev–Trinajstić information content (AvgIpc) is 3.11. The SMILES string of the molecule is Cc1nccc2c1C(O)C(N1CCc3nc(-c4ccccc4Cl)[nH]c3C1)CC2. The highest BCUT2D eigenvalue weighted by Gasteiger charge is 2.35. The van der Waals surface area contributed by atoms with Gasteiger partial charge in [-0.1, -0.05) is 23.7 Å². The highest BCUT2D eigenvalue weighted by molar-refractivity contribution is 6.33. The second kappa shape index (κ2) is 6.99. The van der Waals surface area contributed by atoms with E-state index in [9.17, 15) is 5.11 Å². The number of pyridine rings is 1. The summed E-state index contributed by atoms with van der Waals surface area (Å²) < 4.78 is 0. The summed E-state index contributed by atoms with van der Waals surface area (Å²) in [4.78, 5) is 15.0. The fraction of sp³-hybridized carbons (Fsp3) is 0.364. The maximum atomic E-state index is 11.1. The van der Waals surface area contributed by atoms with Gasteiger partial charge in [-0.2, -0.15) is 0 Å². The van der Waals surface area contributed by atoms with Crippen molar-refractivity contribution >= 4 is 11.6 Å². The Bertz CT molecular complexity index is 1030. The number of benzene rings is 1. The van der Waals surface area contributed by atoms with Crippen LogP contribution in [0.2, 0.25) is 5.02 Å². The Labute approximate surface area is 169 Å². The zero-order valence-electron chi connectivity index (χ0n) is 15.8. The van der Waals surface area contributed by atoms with E-state index in [0.29, 0.717) is 5.02 Å². The van der Waals surface area contributed by atoms with Gasteiger partial charge >= 0.3 is 0 Å². The second-order valence-corrected chi connectivity index (χ2v) is 8.14. The highest BCUT2D eigenvalue weighted by Crippen LogP contribution is 2.36. The van der Waals surface area contributed by atoms with Crippen molar-refractivity contribution in [3.63, 3.8) is 0 Å². The normalized spacial score (nSPS) is 22.0. The first-order valence-electron chi connectivity index (χ1n) is 9.81. The molecule has 2 aliphatic rings. The molecule has 5 rings (SSSR count). The quantitative estimate of drug-likeness (QED) is 0.693. The fourth-order valence-electron chi connectivity index (χ4n) is 4.67. The molecule has 144 valence electrons. The van der Waals surface area contributed by atoms with E-state index in [1.807, 2.05) is 43.5 Å². The number of fused-ring (bicyclic) bond motifs is 2. The standard InChI is InChI=1S/C22H23ClN4O/c1-13-20-14(8-10-24-13)6-7-19(21(20)28)27-11-9-17-18(12-27)26-22(25-17)15-4-2-3-5-16(15)23/h2-5,8,10,19,21,28H,6-7,9,11-12H2,1H3,(H,25,26). The molecule has 0 bridgehead atoms. The van der Waals surface area contributed by atoms with E-state index in [4.69, 9.17) is 16.6 Å². The Hall–Kier alpha value is -2.21. The maximum Gasteiger partial charge on any atom is 0.139 e. The van der Waals surface area contributed by atoms with Crippen molar-refractivity contribution in [3.8, 4) is 11.4 Å². The number of aliphatic hydroxyl groups is 1. The third kappa shape index (κ3) is 2.94. The average molecular weight is 395 g/mol. The van der Waals surface area contributed by atoms with Gasteiger partial charge in [0.05, 0.1) is 22.5 Å². The topological polar surface area (TPSA) is 65.0 Å². The van der Waals surface area contributed by atoms with Crippen LogP contribution < -0.4 is 0 Å². The number of hydrogen-bond acceptors (Lipinski definition) is 4. The van der Waals surface area contributed by atoms with Gasteiger partial charge in [-0.15, -0.1) is 0 Å². The van der Waals surface area contributed by atoms with Crippen LogP contribution in [0.15, 0.2) is 36.5 Å². The summed E-state index contributed by atoms with van der Waals surface area (Å²) in [7, 11) is 0. The summed E-state index contributed by atoms with van der Waals surface area (Å²) in [5, 5.41) is 11.8. The zero-order valence-corrected chi connectivity index (χ0v) is 16.6. The Balaban J connectivity index is 1.41. The van der Waals surface area contributed by atoms with Gasteiger partial charge in [0.2, 0.25) is 0 Å². The maximum absolute atomic E-state index is 11.1. The molecule has 2 atom stereocenters. The van der Waals surface area contributed by atoms with Crippen LogP contribution in [0.1, 0.15) is 40.7 Å². The minimum absolute atomic E-state index is 0.107. The number of aliphatic hydroxyl groups excluding tert-OH is 1. The number of aromatic nitrogens is 3. The number of aryl methyl sites for hydroxylation is 2. The molecule has 5 nitrogen and oxygen atoms in total. The molecule has 1 aromatic carbocycles. The number of nitrogens with zero attached hydrogens (tertiary/aromatic N) is 3. The number of hydrogen-bond donors (Lipinski definition) is 2. The third-order valence-corrected chi connectivity index (χ3v) is 6.44. The molecule has 0 fully saturated rings. The van der Waals surface area contributed by atoms with Crippen LogP contribution in [-0.2, 0) is 19.4 Å². The second-order valence-electron chi connectivity index (χ2n) is 7.73.